The molecule has 0 amide bonds. The summed E-state index contributed by atoms with van der Waals surface area (Å²) in [6.07, 6.45) is 3.47. The summed E-state index contributed by atoms with van der Waals surface area (Å²) >= 11 is 0. The summed E-state index contributed by atoms with van der Waals surface area (Å²) in [5, 5.41) is 8.13. The molecule has 2 heterocycles. The number of methoxy groups -OCH3 is 1. The summed E-state index contributed by atoms with van der Waals surface area (Å²) in [5.41, 5.74) is 0. The van der Waals surface area contributed by atoms with Crippen molar-refractivity contribution in [2.75, 3.05) is 40.4 Å². The zero-order chi connectivity index (χ0) is 16.2. The van der Waals surface area contributed by atoms with Crippen LogP contribution in [0.4, 0.5) is 0 Å². The van der Waals surface area contributed by atoms with Gasteiger partial charge in [-0.05, 0) is 19.8 Å². The van der Waals surface area contributed by atoms with Crippen molar-refractivity contribution in [3.8, 4) is 0 Å². The first-order valence-electron chi connectivity index (χ1n) is 7.58. The molecule has 1 fully saturated rings. The molecule has 22 heavy (non-hydrogen) atoms. The molecule has 0 aromatic carbocycles. The monoisotopic (exact) mass is 331 g/mol. The second-order valence-electron chi connectivity index (χ2n) is 5.49. The number of aryl methyl sites for hydroxylation is 1. The van der Waals surface area contributed by atoms with Gasteiger partial charge in [-0.3, -0.25) is 0 Å². The Balaban J connectivity index is 2.10. The molecule has 1 aromatic rings. The van der Waals surface area contributed by atoms with E-state index in [1.165, 1.54) is 4.31 Å². The first-order valence-corrected chi connectivity index (χ1v) is 8.98. The normalized spacial score (nSPS) is 20.6. The Hall–Kier alpha value is -1.03. The van der Waals surface area contributed by atoms with Gasteiger partial charge < -0.3 is 9.30 Å². The number of likely N-dealkylation sites (N-methyl/N-ethyl adjacent to an activating group) is 1. The minimum atomic E-state index is -3.45. The lowest BCUT2D eigenvalue weighted by Crippen LogP contribution is -2.47. The molecule has 9 heteroatoms. The summed E-state index contributed by atoms with van der Waals surface area (Å²) in [6, 6.07) is 0. The maximum atomic E-state index is 12.6. The fraction of sp³-hybridized carbons (Fsp3) is 0.846. The predicted molar refractivity (Wildman–Crippen MR) is 82.7 cm³/mol. The predicted octanol–water partition coefficient (Wildman–Crippen LogP) is 0.300. The van der Waals surface area contributed by atoms with Crippen molar-refractivity contribution in [2.24, 2.45) is 0 Å². The van der Waals surface area contributed by atoms with Crippen molar-refractivity contribution in [1.29, 1.82) is 0 Å². The quantitative estimate of drug-likeness (QED) is 0.718. The van der Waals surface area contributed by atoms with Crippen LogP contribution in [0.15, 0.2) is 6.33 Å². The van der Waals surface area contributed by atoms with Gasteiger partial charge in [0.05, 0.1) is 6.61 Å². The van der Waals surface area contributed by atoms with Crippen molar-refractivity contribution >= 4 is 10.2 Å². The van der Waals surface area contributed by atoms with E-state index in [-0.39, 0.29) is 5.92 Å². The van der Waals surface area contributed by atoms with E-state index in [2.05, 4.69) is 10.2 Å². The van der Waals surface area contributed by atoms with E-state index >= 15 is 0 Å². The Morgan fingerprint density at radius 1 is 1.50 bits per heavy atom. The highest BCUT2D eigenvalue weighted by Gasteiger charge is 2.33. The van der Waals surface area contributed by atoms with E-state index in [0.717, 1.165) is 25.2 Å². The maximum absolute atomic E-state index is 12.6. The first kappa shape index (κ1) is 17.3. The van der Waals surface area contributed by atoms with Crippen LogP contribution in [-0.4, -0.2) is 72.2 Å². The third-order valence-corrected chi connectivity index (χ3v) is 6.02. The van der Waals surface area contributed by atoms with Gasteiger partial charge in [0.15, 0.2) is 0 Å². The molecule has 1 aliphatic rings. The number of rotatable bonds is 7. The Morgan fingerprint density at radius 2 is 2.27 bits per heavy atom. The van der Waals surface area contributed by atoms with E-state index in [1.807, 2.05) is 11.5 Å². The highest BCUT2D eigenvalue weighted by atomic mass is 32.2. The van der Waals surface area contributed by atoms with Crippen molar-refractivity contribution in [2.45, 2.75) is 32.2 Å². The minimum absolute atomic E-state index is 0.0989. The van der Waals surface area contributed by atoms with Gasteiger partial charge in [-0.25, -0.2) is 0 Å². The van der Waals surface area contributed by atoms with E-state index in [0.29, 0.717) is 26.2 Å². The van der Waals surface area contributed by atoms with Gasteiger partial charge in [-0.15, -0.1) is 10.2 Å². The highest BCUT2D eigenvalue weighted by Crippen LogP contribution is 2.27. The maximum Gasteiger partial charge on any atom is 0.281 e. The number of ether oxygens (including phenoxy) is 1. The van der Waals surface area contributed by atoms with Gasteiger partial charge in [0.25, 0.3) is 10.2 Å². The lowest BCUT2D eigenvalue weighted by Gasteiger charge is -2.34. The lowest BCUT2D eigenvalue weighted by atomic mass is 9.99. The Bertz CT molecular complexity index is 574. The first-order chi connectivity index (χ1) is 10.5. The molecule has 8 nitrogen and oxygen atoms in total. The third kappa shape index (κ3) is 3.65. The lowest BCUT2D eigenvalue weighted by molar-refractivity contribution is 0.181. The van der Waals surface area contributed by atoms with Crippen LogP contribution in [-0.2, 0) is 21.5 Å². The van der Waals surface area contributed by atoms with E-state index in [4.69, 9.17) is 4.74 Å². The van der Waals surface area contributed by atoms with Crippen LogP contribution in [0, 0.1) is 0 Å². The second-order valence-corrected chi connectivity index (χ2v) is 7.53. The summed E-state index contributed by atoms with van der Waals surface area (Å²) in [4.78, 5) is 0. The standard InChI is InChI=1S/C13H25N5O3S/c1-4-17-11-14-15-13(17)12-6-5-7-18(10-12)22(19,20)16(2)8-9-21-3/h11-12H,4-10H2,1-3H3/t12-/m1/s1. The van der Waals surface area contributed by atoms with E-state index < -0.39 is 10.2 Å². The number of nitrogens with zero attached hydrogens (tertiary/aromatic N) is 5. The van der Waals surface area contributed by atoms with Crippen LogP contribution in [0.25, 0.3) is 0 Å². The molecule has 2 rings (SSSR count). The number of aromatic nitrogens is 3. The molecule has 1 aromatic heterocycles. The summed E-state index contributed by atoms with van der Waals surface area (Å²) < 4.78 is 35.1. The molecule has 1 atom stereocenters. The van der Waals surface area contributed by atoms with Gasteiger partial charge >= 0.3 is 0 Å². The van der Waals surface area contributed by atoms with Crippen LogP contribution >= 0.6 is 0 Å². The zero-order valence-electron chi connectivity index (χ0n) is 13.5. The van der Waals surface area contributed by atoms with Gasteiger partial charge in [0, 0.05) is 46.3 Å². The van der Waals surface area contributed by atoms with Crippen molar-refractivity contribution in [1.82, 2.24) is 23.4 Å². The van der Waals surface area contributed by atoms with Crippen LogP contribution in [0.2, 0.25) is 0 Å². The van der Waals surface area contributed by atoms with Crippen molar-refractivity contribution in [3.63, 3.8) is 0 Å². The summed E-state index contributed by atoms with van der Waals surface area (Å²) in [6.45, 7) is 4.57. The Morgan fingerprint density at radius 3 is 2.95 bits per heavy atom. The van der Waals surface area contributed by atoms with Gasteiger partial charge in [0.1, 0.15) is 12.2 Å². The van der Waals surface area contributed by atoms with Crippen molar-refractivity contribution in [3.05, 3.63) is 12.2 Å². The van der Waals surface area contributed by atoms with Crippen molar-refractivity contribution < 1.29 is 13.2 Å². The third-order valence-electron chi connectivity index (χ3n) is 4.07. The second kappa shape index (κ2) is 7.49. The molecule has 0 aliphatic carbocycles. The van der Waals surface area contributed by atoms with Crippen LogP contribution in [0.5, 0.6) is 0 Å². The molecule has 126 valence electrons. The molecule has 1 aliphatic heterocycles. The Labute approximate surface area is 132 Å². The Kier molecular flexibility index (Phi) is 5.90. The summed E-state index contributed by atoms with van der Waals surface area (Å²) in [7, 11) is -0.294. The highest BCUT2D eigenvalue weighted by molar-refractivity contribution is 7.86. The van der Waals surface area contributed by atoms with Gasteiger partial charge in [-0.2, -0.15) is 17.0 Å². The molecular formula is C13H25N5O3S. The molecule has 0 N–H and O–H groups in total. The van der Waals surface area contributed by atoms with Crippen LogP contribution in [0.1, 0.15) is 31.5 Å². The average molecular weight is 331 g/mol. The van der Waals surface area contributed by atoms with Crippen LogP contribution in [0.3, 0.4) is 0 Å². The van der Waals surface area contributed by atoms with E-state index in [1.54, 1.807) is 24.8 Å². The number of hydrogen-bond donors (Lipinski definition) is 0. The fourth-order valence-electron chi connectivity index (χ4n) is 2.72. The molecule has 0 radical (unpaired) electrons. The largest absolute Gasteiger partial charge is 0.383 e. The summed E-state index contributed by atoms with van der Waals surface area (Å²) in [5.74, 6) is 0.976. The smallest absolute Gasteiger partial charge is 0.281 e. The molecule has 0 spiro atoms. The molecule has 0 bridgehead atoms. The fourth-order valence-corrected chi connectivity index (χ4v) is 4.15. The molecule has 0 saturated carbocycles. The van der Waals surface area contributed by atoms with E-state index in [9.17, 15) is 8.42 Å². The molecule has 1 saturated heterocycles. The zero-order valence-corrected chi connectivity index (χ0v) is 14.3. The van der Waals surface area contributed by atoms with Crippen LogP contribution < -0.4 is 0 Å². The molecular weight excluding hydrogens is 306 g/mol. The molecule has 0 unspecified atom stereocenters. The van der Waals surface area contributed by atoms with Gasteiger partial charge in [-0.1, -0.05) is 0 Å². The SMILES string of the molecule is CCn1cnnc1[C@@H]1CCCN(S(=O)(=O)N(C)CCOC)C1. The minimum Gasteiger partial charge on any atom is -0.383 e. The topological polar surface area (TPSA) is 80.6 Å². The average Bonchev–Trinajstić information content (AvgIpc) is 3.01. The number of hydrogen-bond acceptors (Lipinski definition) is 5. The number of piperidine rings is 1. The van der Waals surface area contributed by atoms with Gasteiger partial charge in [0.2, 0.25) is 0 Å².